The summed E-state index contributed by atoms with van der Waals surface area (Å²) in [5.74, 6) is -1.40. The molecule has 21 heavy (non-hydrogen) atoms. The molecule has 2 rings (SSSR count). The Labute approximate surface area is 121 Å². The first-order valence-electron chi connectivity index (χ1n) is 6.18. The number of carbonyl (C=O) groups is 2. The van der Waals surface area contributed by atoms with Crippen LogP contribution in [0.15, 0.2) is 42.6 Å². The van der Waals surface area contributed by atoms with E-state index in [4.69, 9.17) is 9.84 Å². The Kier molecular flexibility index (Phi) is 4.63. The SMILES string of the molecule is COCc1ccc(C(=O)Nc2ccc(C(=O)O)nc2)cc1. The molecule has 0 aliphatic heterocycles. The highest BCUT2D eigenvalue weighted by molar-refractivity contribution is 6.04. The van der Waals surface area contributed by atoms with Crippen molar-refractivity contribution >= 4 is 17.6 Å². The van der Waals surface area contributed by atoms with Crippen LogP contribution in [0.1, 0.15) is 26.4 Å². The van der Waals surface area contributed by atoms with Gasteiger partial charge in [0.1, 0.15) is 5.69 Å². The summed E-state index contributed by atoms with van der Waals surface area (Å²) < 4.78 is 5.00. The van der Waals surface area contributed by atoms with Crippen molar-refractivity contribution in [3.05, 3.63) is 59.4 Å². The molecule has 0 radical (unpaired) electrons. The molecule has 6 nitrogen and oxygen atoms in total. The topological polar surface area (TPSA) is 88.5 Å². The molecule has 1 amide bonds. The Morgan fingerprint density at radius 1 is 1.19 bits per heavy atom. The molecule has 108 valence electrons. The fourth-order valence-electron chi connectivity index (χ4n) is 1.72. The molecular weight excluding hydrogens is 272 g/mol. The predicted octanol–water partition coefficient (Wildman–Crippen LogP) is 2.18. The second-order valence-electron chi connectivity index (χ2n) is 4.32. The van der Waals surface area contributed by atoms with Crippen LogP contribution in [0.3, 0.4) is 0 Å². The lowest BCUT2D eigenvalue weighted by molar-refractivity contribution is 0.0690. The van der Waals surface area contributed by atoms with Crippen LogP contribution in [0.4, 0.5) is 5.69 Å². The number of pyridine rings is 1. The molecule has 0 fully saturated rings. The van der Waals surface area contributed by atoms with E-state index >= 15 is 0 Å². The summed E-state index contributed by atoms with van der Waals surface area (Å²) in [5, 5.41) is 11.4. The van der Waals surface area contributed by atoms with E-state index in [0.29, 0.717) is 17.9 Å². The van der Waals surface area contributed by atoms with Gasteiger partial charge in [-0.1, -0.05) is 12.1 Å². The number of hydrogen-bond acceptors (Lipinski definition) is 4. The molecule has 2 aromatic rings. The maximum absolute atomic E-state index is 12.0. The fourth-order valence-corrected chi connectivity index (χ4v) is 1.72. The van der Waals surface area contributed by atoms with Crippen molar-refractivity contribution in [3.8, 4) is 0 Å². The molecule has 0 saturated carbocycles. The lowest BCUT2D eigenvalue weighted by Crippen LogP contribution is -2.12. The minimum atomic E-state index is -1.11. The average Bonchev–Trinajstić information content (AvgIpc) is 2.49. The number of ether oxygens (including phenoxy) is 1. The van der Waals surface area contributed by atoms with Crippen molar-refractivity contribution in [3.63, 3.8) is 0 Å². The third-order valence-corrected chi connectivity index (χ3v) is 2.77. The maximum Gasteiger partial charge on any atom is 0.354 e. The smallest absolute Gasteiger partial charge is 0.354 e. The molecule has 0 aliphatic rings. The average molecular weight is 286 g/mol. The number of rotatable bonds is 5. The molecule has 0 saturated heterocycles. The number of methoxy groups -OCH3 is 1. The van der Waals surface area contributed by atoms with Gasteiger partial charge in [0.05, 0.1) is 18.5 Å². The van der Waals surface area contributed by atoms with E-state index < -0.39 is 5.97 Å². The van der Waals surface area contributed by atoms with E-state index in [9.17, 15) is 9.59 Å². The van der Waals surface area contributed by atoms with Crippen molar-refractivity contribution in [1.29, 1.82) is 0 Å². The van der Waals surface area contributed by atoms with E-state index in [2.05, 4.69) is 10.3 Å². The summed E-state index contributed by atoms with van der Waals surface area (Å²) in [5.41, 5.74) is 1.83. The van der Waals surface area contributed by atoms with Gasteiger partial charge in [0.25, 0.3) is 5.91 Å². The van der Waals surface area contributed by atoms with Gasteiger partial charge < -0.3 is 15.2 Å². The summed E-state index contributed by atoms with van der Waals surface area (Å²) in [6.45, 7) is 0.489. The van der Waals surface area contributed by atoms with Crippen LogP contribution in [0.5, 0.6) is 0 Å². The van der Waals surface area contributed by atoms with E-state index in [-0.39, 0.29) is 11.6 Å². The molecule has 0 spiro atoms. The van der Waals surface area contributed by atoms with Crippen molar-refractivity contribution in [2.75, 3.05) is 12.4 Å². The molecule has 0 bridgehead atoms. The normalized spacial score (nSPS) is 10.1. The number of nitrogens with zero attached hydrogens (tertiary/aromatic N) is 1. The Hall–Kier alpha value is -2.73. The molecule has 0 atom stereocenters. The van der Waals surface area contributed by atoms with Gasteiger partial charge in [0.15, 0.2) is 0 Å². The first-order valence-corrected chi connectivity index (χ1v) is 6.18. The Balaban J connectivity index is 2.05. The summed E-state index contributed by atoms with van der Waals surface area (Å²) in [7, 11) is 1.61. The van der Waals surface area contributed by atoms with Gasteiger partial charge in [-0.3, -0.25) is 4.79 Å². The number of aromatic nitrogens is 1. The molecule has 1 heterocycles. The van der Waals surface area contributed by atoms with Crippen LogP contribution < -0.4 is 5.32 Å². The number of carbonyl (C=O) groups excluding carboxylic acids is 1. The number of anilines is 1. The quantitative estimate of drug-likeness (QED) is 0.879. The molecule has 1 aromatic heterocycles. The largest absolute Gasteiger partial charge is 0.477 e. The van der Waals surface area contributed by atoms with Gasteiger partial charge in [-0.25, -0.2) is 9.78 Å². The van der Waals surface area contributed by atoms with E-state index in [0.717, 1.165) is 5.56 Å². The summed E-state index contributed by atoms with van der Waals surface area (Å²) in [4.78, 5) is 26.4. The lowest BCUT2D eigenvalue weighted by atomic mass is 10.1. The minimum absolute atomic E-state index is 0.0723. The van der Waals surface area contributed by atoms with Crippen LogP contribution in [0.2, 0.25) is 0 Å². The number of benzene rings is 1. The standard InChI is InChI=1S/C15H14N2O4/c1-21-9-10-2-4-11(5-3-10)14(18)17-12-6-7-13(15(19)20)16-8-12/h2-8H,9H2,1H3,(H,17,18)(H,19,20). The molecule has 0 aliphatic carbocycles. The van der Waals surface area contributed by atoms with Gasteiger partial charge in [-0.15, -0.1) is 0 Å². The number of amides is 1. The Morgan fingerprint density at radius 2 is 1.90 bits per heavy atom. The summed E-state index contributed by atoms with van der Waals surface area (Å²) in [6.07, 6.45) is 1.31. The van der Waals surface area contributed by atoms with Crippen molar-refractivity contribution in [2.45, 2.75) is 6.61 Å². The fraction of sp³-hybridized carbons (Fsp3) is 0.133. The molecule has 0 unspecified atom stereocenters. The monoisotopic (exact) mass is 286 g/mol. The second kappa shape index (κ2) is 6.62. The zero-order chi connectivity index (χ0) is 15.2. The van der Waals surface area contributed by atoms with Crippen LogP contribution in [0, 0.1) is 0 Å². The van der Waals surface area contributed by atoms with Crippen LogP contribution in [0.25, 0.3) is 0 Å². The highest BCUT2D eigenvalue weighted by Crippen LogP contribution is 2.10. The van der Waals surface area contributed by atoms with Crippen molar-refractivity contribution in [2.24, 2.45) is 0 Å². The molecule has 6 heteroatoms. The van der Waals surface area contributed by atoms with Crippen molar-refractivity contribution < 1.29 is 19.4 Å². The molecular formula is C15H14N2O4. The third-order valence-electron chi connectivity index (χ3n) is 2.77. The zero-order valence-electron chi connectivity index (χ0n) is 11.4. The first kappa shape index (κ1) is 14.7. The number of carboxylic acid groups (broad SMARTS) is 1. The van der Waals surface area contributed by atoms with Crippen LogP contribution in [-0.4, -0.2) is 29.1 Å². The second-order valence-corrected chi connectivity index (χ2v) is 4.32. The zero-order valence-corrected chi connectivity index (χ0v) is 11.4. The molecule has 2 N–H and O–H groups in total. The number of aromatic carboxylic acids is 1. The third kappa shape index (κ3) is 3.87. The molecule has 1 aromatic carbocycles. The minimum Gasteiger partial charge on any atom is -0.477 e. The number of nitrogens with one attached hydrogen (secondary N) is 1. The summed E-state index contributed by atoms with van der Waals surface area (Å²) in [6, 6.07) is 9.84. The number of carboxylic acids is 1. The van der Waals surface area contributed by atoms with Crippen LogP contribution >= 0.6 is 0 Å². The first-order chi connectivity index (χ1) is 10.1. The van der Waals surface area contributed by atoms with E-state index in [1.165, 1.54) is 18.3 Å². The highest BCUT2D eigenvalue weighted by Gasteiger charge is 2.08. The lowest BCUT2D eigenvalue weighted by Gasteiger charge is -2.06. The van der Waals surface area contributed by atoms with Gasteiger partial charge in [0, 0.05) is 12.7 Å². The Morgan fingerprint density at radius 3 is 2.43 bits per heavy atom. The van der Waals surface area contributed by atoms with Gasteiger partial charge in [0.2, 0.25) is 0 Å². The maximum atomic E-state index is 12.0. The predicted molar refractivity (Wildman–Crippen MR) is 76.3 cm³/mol. The van der Waals surface area contributed by atoms with Crippen molar-refractivity contribution in [1.82, 2.24) is 4.98 Å². The Bertz CT molecular complexity index is 636. The highest BCUT2D eigenvalue weighted by atomic mass is 16.5. The summed E-state index contributed by atoms with van der Waals surface area (Å²) >= 11 is 0. The van der Waals surface area contributed by atoms with E-state index in [1.807, 2.05) is 12.1 Å². The van der Waals surface area contributed by atoms with Gasteiger partial charge in [-0.2, -0.15) is 0 Å². The van der Waals surface area contributed by atoms with E-state index in [1.54, 1.807) is 19.2 Å². The van der Waals surface area contributed by atoms with Crippen LogP contribution in [-0.2, 0) is 11.3 Å². The van der Waals surface area contributed by atoms with Gasteiger partial charge >= 0.3 is 5.97 Å². The van der Waals surface area contributed by atoms with Gasteiger partial charge in [-0.05, 0) is 29.8 Å². The number of hydrogen-bond donors (Lipinski definition) is 2.